The van der Waals surface area contributed by atoms with E-state index in [1.165, 1.54) is 5.56 Å². The molecule has 2 saturated carbocycles. The predicted octanol–water partition coefficient (Wildman–Crippen LogP) is 5.37. The summed E-state index contributed by atoms with van der Waals surface area (Å²) in [5.74, 6) is 0.614. The topological polar surface area (TPSA) is 33.4 Å². The summed E-state index contributed by atoms with van der Waals surface area (Å²) in [6.07, 6.45) is 13.5. The maximum Gasteiger partial charge on any atom is 0.0934 e. The molecule has 2 fully saturated rings. The average molecular weight is 328 g/mol. The number of aryl methyl sites for hydroxylation is 1. The number of allylic oxidation sites excluding steroid dienone is 2. The van der Waals surface area contributed by atoms with Crippen LogP contribution in [0.3, 0.4) is 0 Å². The Hall–Kier alpha value is -1.02. The van der Waals surface area contributed by atoms with Gasteiger partial charge in [0, 0.05) is 10.8 Å². The van der Waals surface area contributed by atoms with Gasteiger partial charge in [-0.25, -0.2) is 0 Å². The molecule has 0 aromatic carbocycles. The van der Waals surface area contributed by atoms with E-state index in [0.717, 1.165) is 32.1 Å². The first-order chi connectivity index (χ1) is 11.1. The van der Waals surface area contributed by atoms with E-state index >= 15 is 0 Å². The van der Waals surface area contributed by atoms with Gasteiger partial charge in [0.15, 0.2) is 0 Å². The van der Waals surface area contributed by atoms with Crippen molar-refractivity contribution in [3.8, 4) is 0 Å². The number of hydrogen-bond acceptors (Lipinski definition) is 2. The molecule has 0 unspecified atom stereocenters. The van der Waals surface area contributed by atoms with Crippen molar-refractivity contribution >= 4 is 0 Å². The van der Waals surface area contributed by atoms with Gasteiger partial charge in [-0.3, -0.25) is 0 Å². The summed E-state index contributed by atoms with van der Waals surface area (Å²) < 4.78 is 5.27. The fraction of sp³-hybridized carbons (Fsp3) is 0.727. The van der Waals surface area contributed by atoms with Crippen LogP contribution < -0.4 is 0 Å². The lowest BCUT2D eigenvalue weighted by Gasteiger charge is -2.66. The second-order valence-corrected chi connectivity index (χ2v) is 9.78. The molecule has 3 aliphatic rings. The minimum atomic E-state index is -0.558. The Bertz CT molecular complexity index is 676. The molecule has 0 radical (unpaired) electrons. The Balaban J connectivity index is 1.78. The smallest absolute Gasteiger partial charge is 0.0934 e. The number of rotatable bonds is 3. The molecule has 1 aromatic heterocycles. The van der Waals surface area contributed by atoms with Gasteiger partial charge >= 0.3 is 0 Å². The van der Waals surface area contributed by atoms with Gasteiger partial charge in [0.05, 0.1) is 18.1 Å². The molecule has 0 spiro atoms. The van der Waals surface area contributed by atoms with E-state index in [2.05, 4.69) is 52.8 Å². The molecule has 0 bridgehead atoms. The Morgan fingerprint density at radius 2 is 1.96 bits per heavy atom. The number of hydrogen-bond donors (Lipinski definition) is 1. The van der Waals surface area contributed by atoms with Gasteiger partial charge in [-0.1, -0.05) is 46.8 Å². The van der Waals surface area contributed by atoms with Crippen molar-refractivity contribution in [1.29, 1.82) is 0 Å². The zero-order valence-corrected chi connectivity index (χ0v) is 15.9. The summed E-state index contributed by atoms with van der Waals surface area (Å²) in [5, 5.41) is 11.8. The predicted molar refractivity (Wildman–Crippen MR) is 96.6 cm³/mol. The third-order valence-corrected chi connectivity index (χ3v) is 9.33. The van der Waals surface area contributed by atoms with Gasteiger partial charge in [-0.15, -0.1) is 0 Å². The largest absolute Gasteiger partial charge is 0.472 e. The summed E-state index contributed by atoms with van der Waals surface area (Å²) in [6.45, 7) is 12.0. The molecular weight excluding hydrogens is 296 g/mol. The van der Waals surface area contributed by atoms with Gasteiger partial charge in [0.2, 0.25) is 0 Å². The van der Waals surface area contributed by atoms with E-state index in [-0.39, 0.29) is 21.7 Å². The maximum absolute atomic E-state index is 11.8. The van der Waals surface area contributed by atoms with Crippen LogP contribution in [-0.4, -0.2) is 10.7 Å². The summed E-state index contributed by atoms with van der Waals surface area (Å²) >= 11 is 0. The van der Waals surface area contributed by atoms with Gasteiger partial charge in [0.1, 0.15) is 0 Å². The van der Waals surface area contributed by atoms with E-state index < -0.39 is 5.60 Å². The highest BCUT2D eigenvalue weighted by molar-refractivity contribution is 5.40. The van der Waals surface area contributed by atoms with Crippen molar-refractivity contribution in [2.75, 3.05) is 0 Å². The Kier molecular flexibility index (Phi) is 3.14. The molecular formula is C22H32O2. The highest BCUT2D eigenvalue weighted by Gasteiger charge is 2.78. The zero-order chi connectivity index (χ0) is 17.4. The minimum Gasteiger partial charge on any atom is -0.472 e. The van der Waals surface area contributed by atoms with Crippen molar-refractivity contribution in [2.45, 2.75) is 72.3 Å². The Labute approximate surface area is 146 Å². The van der Waals surface area contributed by atoms with E-state index in [1.807, 2.05) is 6.26 Å². The molecule has 2 heteroatoms. The molecule has 0 saturated heterocycles. The number of aliphatic hydroxyl groups is 1. The zero-order valence-electron chi connectivity index (χ0n) is 15.9. The molecule has 24 heavy (non-hydrogen) atoms. The second-order valence-electron chi connectivity index (χ2n) is 9.78. The Morgan fingerprint density at radius 3 is 2.54 bits per heavy atom. The number of fused-ring (bicyclic) bond motifs is 3. The van der Waals surface area contributed by atoms with Crippen LogP contribution >= 0.6 is 0 Å². The minimum absolute atomic E-state index is 0.0780. The molecule has 0 amide bonds. The summed E-state index contributed by atoms with van der Waals surface area (Å²) in [4.78, 5) is 0. The molecule has 3 aliphatic carbocycles. The normalized spacial score (nSPS) is 52.7. The second kappa shape index (κ2) is 4.58. The SMILES string of the molecule is C[C@@H]1CC[C@@]2(O)C[C@]3(C)C=C[C@]3(C)[C@]2(C)[C@@]1(C)CCc1ccoc1. The average Bonchev–Trinajstić information content (AvgIpc) is 3.09. The first kappa shape index (κ1) is 16.4. The molecule has 132 valence electrons. The van der Waals surface area contributed by atoms with Gasteiger partial charge in [-0.05, 0) is 60.5 Å². The molecule has 6 atom stereocenters. The van der Waals surface area contributed by atoms with Crippen LogP contribution in [0.4, 0.5) is 0 Å². The van der Waals surface area contributed by atoms with Crippen LogP contribution in [0.25, 0.3) is 0 Å². The highest BCUT2D eigenvalue weighted by Crippen LogP contribution is 2.81. The van der Waals surface area contributed by atoms with E-state index in [4.69, 9.17) is 4.42 Å². The first-order valence-electron chi connectivity index (χ1n) is 9.56. The summed E-state index contributed by atoms with van der Waals surface area (Å²) in [6, 6.07) is 2.08. The van der Waals surface area contributed by atoms with E-state index in [1.54, 1.807) is 6.26 Å². The highest BCUT2D eigenvalue weighted by atomic mass is 16.3. The van der Waals surface area contributed by atoms with Crippen molar-refractivity contribution in [2.24, 2.45) is 27.6 Å². The van der Waals surface area contributed by atoms with Crippen molar-refractivity contribution in [1.82, 2.24) is 0 Å². The third-order valence-electron chi connectivity index (χ3n) is 9.33. The third kappa shape index (κ3) is 1.57. The molecule has 4 rings (SSSR count). The van der Waals surface area contributed by atoms with Gasteiger partial charge < -0.3 is 9.52 Å². The van der Waals surface area contributed by atoms with Gasteiger partial charge in [-0.2, -0.15) is 0 Å². The van der Waals surface area contributed by atoms with Crippen LogP contribution in [-0.2, 0) is 6.42 Å². The molecule has 0 aliphatic heterocycles. The van der Waals surface area contributed by atoms with Crippen LogP contribution in [0.2, 0.25) is 0 Å². The van der Waals surface area contributed by atoms with Crippen molar-refractivity contribution in [3.63, 3.8) is 0 Å². The molecule has 1 aromatic rings. The van der Waals surface area contributed by atoms with Gasteiger partial charge in [0.25, 0.3) is 0 Å². The van der Waals surface area contributed by atoms with Crippen LogP contribution in [0.15, 0.2) is 35.2 Å². The lowest BCUT2D eigenvalue weighted by atomic mass is 9.38. The lowest BCUT2D eigenvalue weighted by Crippen LogP contribution is -2.64. The Morgan fingerprint density at radius 1 is 1.21 bits per heavy atom. The number of furan rings is 1. The summed E-state index contributed by atoms with van der Waals surface area (Å²) in [7, 11) is 0. The molecule has 2 nitrogen and oxygen atoms in total. The molecule has 1 N–H and O–H groups in total. The fourth-order valence-electron chi connectivity index (χ4n) is 6.93. The standard InChI is InChI=1S/C22H32O2/c1-16-6-10-22(23)15-18(2)11-12-20(18,4)21(22,5)19(16,3)9-7-17-8-13-24-14-17/h8,11-14,16,23H,6-7,9-10,15H2,1-5H3/t16-,18+,19+,20+,21+,22-/m1/s1. The monoisotopic (exact) mass is 328 g/mol. The van der Waals surface area contributed by atoms with Crippen molar-refractivity contribution in [3.05, 3.63) is 36.3 Å². The van der Waals surface area contributed by atoms with Crippen LogP contribution in [0, 0.1) is 27.6 Å². The first-order valence-corrected chi connectivity index (χ1v) is 9.56. The van der Waals surface area contributed by atoms with E-state index in [0.29, 0.717) is 5.92 Å². The van der Waals surface area contributed by atoms with Crippen LogP contribution in [0.1, 0.15) is 65.9 Å². The lowest BCUT2D eigenvalue weighted by molar-refractivity contribution is -0.211. The quantitative estimate of drug-likeness (QED) is 0.757. The fourth-order valence-corrected chi connectivity index (χ4v) is 6.93. The summed E-state index contributed by atoms with van der Waals surface area (Å²) in [5.41, 5.74) is 0.937. The van der Waals surface area contributed by atoms with E-state index in [9.17, 15) is 5.11 Å². The maximum atomic E-state index is 11.8. The molecule has 1 heterocycles. The van der Waals surface area contributed by atoms with Crippen molar-refractivity contribution < 1.29 is 9.52 Å². The van der Waals surface area contributed by atoms with Crippen LogP contribution in [0.5, 0.6) is 0 Å².